The van der Waals surface area contributed by atoms with Crippen molar-refractivity contribution in [3.63, 3.8) is 0 Å². The third-order valence-corrected chi connectivity index (χ3v) is 16.9. The van der Waals surface area contributed by atoms with Crippen LogP contribution in [0.25, 0.3) is 111 Å². The first-order valence-electron chi connectivity index (χ1n) is 24.7. The molecule has 0 saturated heterocycles. The van der Waals surface area contributed by atoms with Crippen molar-refractivity contribution in [3.8, 4) is 67.5 Å². The summed E-state index contributed by atoms with van der Waals surface area (Å²) < 4.78 is 0. The minimum absolute atomic E-state index is 0.120. The van der Waals surface area contributed by atoms with Crippen molar-refractivity contribution < 1.29 is 0 Å². The molecule has 322 valence electrons. The van der Waals surface area contributed by atoms with Crippen LogP contribution >= 0.6 is 0 Å². The molecule has 4 saturated carbocycles. The van der Waals surface area contributed by atoms with Crippen molar-refractivity contribution in [1.29, 1.82) is 0 Å². The van der Waals surface area contributed by atoms with E-state index in [9.17, 15) is 0 Å². The average molecular weight is 870 g/mol. The average Bonchev–Trinajstić information content (AvgIpc) is 3.69. The summed E-state index contributed by atoms with van der Waals surface area (Å²) in [6.07, 6.45) is 6.97. The SMILES string of the molecule is c1ccc(-c2nc(-c3cccc(-c4ccc5c6ccccc6c6ccccc6c5c4)c3)nc(-c3ccc(-c4ccc5c(c4)C4(c6ccccc6-5)C5CC6CC(C5)CC4C6)c4ccccc34)n2)cc1. The maximum absolute atomic E-state index is 5.36. The van der Waals surface area contributed by atoms with Gasteiger partial charge in [0.1, 0.15) is 0 Å². The van der Waals surface area contributed by atoms with Gasteiger partial charge in [-0.1, -0.05) is 176 Å². The molecule has 4 fully saturated rings. The van der Waals surface area contributed by atoms with Crippen LogP contribution in [-0.2, 0) is 5.41 Å². The van der Waals surface area contributed by atoms with E-state index in [2.05, 4.69) is 194 Å². The number of rotatable bonds is 5. The Morgan fingerprint density at radius 3 is 1.49 bits per heavy atom. The molecule has 5 aliphatic rings. The Hall–Kier alpha value is -7.75. The quantitative estimate of drug-likeness (QED) is 0.162. The van der Waals surface area contributed by atoms with Crippen LogP contribution in [0.5, 0.6) is 0 Å². The van der Waals surface area contributed by atoms with Crippen molar-refractivity contribution in [2.24, 2.45) is 23.7 Å². The smallest absolute Gasteiger partial charge is 0.164 e. The maximum Gasteiger partial charge on any atom is 0.164 e. The fraction of sp³-hybridized carbons (Fsp3) is 0.154. The molecule has 1 spiro atoms. The van der Waals surface area contributed by atoms with Crippen LogP contribution in [0.4, 0.5) is 0 Å². The predicted octanol–water partition coefficient (Wildman–Crippen LogP) is 16.5. The minimum atomic E-state index is 0.120. The van der Waals surface area contributed by atoms with Gasteiger partial charge in [0.2, 0.25) is 0 Å². The van der Waals surface area contributed by atoms with Crippen LogP contribution in [-0.4, -0.2) is 15.0 Å². The van der Waals surface area contributed by atoms with Gasteiger partial charge in [-0.05, 0) is 168 Å². The second-order valence-electron chi connectivity index (χ2n) is 20.3. The van der Waals surface area contributed by atoms with Crippen molar-refractivity contribution in [2.75, 3.05) is 0 Å². The molecular weight excluding hydrogens is 823 g/mol. The third kappa shape index (κ3) is 5.56. The molecule has 0 radical (unpaired) electrons. The first-order chi connectivity index (χ1) is 33.7. The maximum atomic E-state index is 5.36. The lowest BCUT2D eigenvalue weighted by Gasteiger charge is -2.61. The van der Waals surface area contributed by atoms with Crippen LogP contribution in [0, 0.1) is 23.7 Å². The van der Waals surface area contributed by atoms with Crippen LogP contribution < -0.4 is 0 Å². The molecule has 0 unspecified atom stereocenters. The number of hydrogen-bond donors (Lipinski definition) is 0. The van der Waals surface area contributed by atoms with Crippen molar-refractivity contribution in [2.45, 2.75) is 37.5 Å². The van der Waals surface area contributed by atoms with Crippen LogP contribution in [0.3, 0.4) is 0 Å². The molecule has 68 heavy (non-hydrogen) atoms. The highest BCUT2D eigenvalue weighted by molar-refractivity contribution is 6.25. The second-order valence-corrected chi connectivity index (χ2v) is 20.3. The monoisotopic (exact) mass is 869 g/mol. The Kier molecular flexibility index (Phi) is 8.25. The molecule has 3 nitrogen and oxygen atoms in total. The minimum Gasteiger partial charge on any atom is -0.208 e. The summed E-state index contributed by atoms with van der Waals surface area (Å²) in [5.41, 5.74) is 14.0. The van der Waals surface area contributed by atoms with Crippen molar-refractivity contribution >= 4 is 43.1 Å². The molecule has 10 aromatic carbocycles. The van der Waals surface area contributed by atoms with Gasteiger partial charge in [0, 0.05) is 22.1 Å². The van der Waals surface area contributed by atoms with E-state index >= 15 is 0 Å². The van der Waals surface area contributed by atoms with Gasteiger partial charge >= 0.3 is 0 Å². The fourth-order valence-corrected chi connectivity index (χ4v) is 14.3. The van der Waals surface area contributed by atoms with Crippen LogP contribution in [0.2, 0.25) is 0 Å². The van der Waals surface area contributed by atoms with E-state index in [0.29, 0.717) is 17.5 Å². The number of aromatic nitrogens is 3. The first-order valence-corrected chi connectivity index (χ1v) is 24.7. The molecule has 1 aromatic heterocycles. The largest absolute Gasteiger partial charge is 0.208 e. The lowest BCUT2D eigenvalue weighted by Crippen LogP contribution is -2.55. The standard InChI is InChI=1S/C65H47N3/c1-2-13-41(14-3-1)62-66-63(45-16-12-15-42(36-45)43-25-27-55-52-20-6-5-18-50(52)51-19-7-9-22-54(51)59(55)37-43)68-64(67-62)58-30-29-48(49-17-4-8-21-53(49)58)44-26-28-57-56-23-10-11-24-60(56)65(61(57)38-44)46-32-39-31-40(34-46)35-47(65)33-39/h1-30,36-40,46-47H,31-35H2. The Morgan fingerprint density at radius 1 is 0.279 bits per heavy atom. The third-order valence-electron chi connectivity index (χ3n) is 16.9. The Bertz CT molecular complexity index is 3820. The molecule has 3 heteroatoms. The van der Waals surface area contributed by atoms with Gasteiger partial charge in [0.25, 0.3) is 0 Å². The highest BCUT2D eigenvalue weighted by atomic mass is 15.0. The van der Waals surface area contributed by atoms with E-state index in [0.717, 1.165) is 56.9 Å². The van der Waals surface area contributed by atoms with E-state index in [1.165, 1.54) is 92.1 Å². The molecule has 11 aromatic rings. The number of nitrogens with zero attached hydrogens (tertiary/aromatic N) is 3. The molecule has 16 rings (SSSR count). The lowest BCUT2D eigenvalue weighted by molar-refractivity contribution is -0.0399. The molecule has 4 bridgehead atoms. The first kappa shape index (κ1) is 38.4. The van der Waals surface area contributed by atoms with Gasteiger partial charge < -0.3 is 0 Å². The summed E-state index contributed by atoms with van der Waals surface area (Å²) in [7, 11) is 0. The second kappa shape index (κ2) is 14.6. The van der Waals surface area contributed by atoms with Crippen molar-refractivity contribution in [1.82, 2.24) is 15.0 Å². The number of hydrogen-bond acceptors (Lipinski definition) is 3. The predicted molar refractivity (Wildman–Crippen MR) is 280 cm³/mol. The molecule has 0 atom stereocenters. The molecule has 5 aliphatic carbocycles. The van der Waals surface area contributed by atoms with E-state index in [-0.39, 0.29) is 5.41 Å². The van der Waals surface area contributed by atoms with Gasteiger partial charge in [-0.25, -0.2) is 15.0 Å². The topological polar surface area (TPSA) is 38.7 Å². The molecule has 1 heterocycles. The van der Waals surface area contributed by atoms with E-state index in [1.54, 1.807) is 11.1 Å². The summed E-state index contributed by atoms with van der Waals surface area (Å²) in [6, 6.07) is 73.8. The van der Waals surface area contributed by atoms with Gasteiger partial charge in [-0.3, -0.25) is 0 Å². The van der Waals surface area contributed by atoms with Gasteiger partial charge in [-0.2, -0.15) is 0 Å². The summed E-state index contributed by atoms with van der Waals surface area (Å²) >= 11 is 0. The molecule has 0 N–H and O–H groups in total. The highest BCUT2D eigenvalue weighted by Gasteiger charge is 2.61. The fourth-order valence-electron chi connectivity index (χ4n) is 14.3. The zero-order valence-corrected chi connectivity index (χ0v) is 37.7. The van der Waals surface area contributed by atoms with Crippen LogP contribution in [0.15, 0.2) is 200 Å². The van der Waals surface area contributed by atoms with Crippen molar-refractivity contribution in [3.05, 3.63) is 211 Å². The zero-order chi connectivity index (χ0) is 44.5. The Balaban J connectivity index is 0.861. The number of fused-ring (bicyclic) bond motifs is 10. The summed E-state index contributed by atoms with van der Waals surface area (Å²) in [6.45, 7) is 0. The molecular formula is C65H47N3. The summed E-state index contributed by atoms with van der Waals surface area (Å²) in [5, 5.41) is 9.97. The van der Waals surface area contributed by atoms with E-state index < -0.39 is 0 Å². The Morgan fingerprint density at radius 2 is 0.765 bits per heavy atom. The summed E-state index contributed by atoms with van der Waals surface area (Å²) in [5.74, 6) is 5.25. The molecule has 0 amide bonds. The normalized spacial score (nSPS) is 21.0. The van der Waals surface area contributed by atoms with Crippen LogP contribution in [0.1, 0.15) is 43.2 Å². The molecule has 0 aliphatic heterocycles. The Labute approximate surface area is 396 Å². The lowest BCUT2D eigenvalue weighted by atomic mass is 9.43. The highest BCUT2D eigenvalue weighted by Crippen LogP contribution is 2.69. The van der Waals surface area contributed by atoms with Gasteiger partial charge in [-0.15, -0.1) is 0 Å². The van der Waals surface area contributed by atoms with Gasteiger partial charge in [0.05, 0.1) is 0 Å². The van der Waals surface area contributed by atoms with E-state index in [4.69, 9.17) is 15.0 Å². The van der Waals surface area contributed by atoms with Gasteiger partial charge in [0.15, 0.2) is 17.5 Å². The number of benzene rings is 10. The van der Waals surface area contributed by atoms with E-state index in [1.807, 2.05) is 6.07 Å². The summed E-state index contributed by atoms with van der Waals surface area (Å²) in [4.78, 5) is 15.8. The zero-order valence-electron chi connectivity index (χ0n) is 37.7.